The molecule has 3 fully saturated rings. The maximum absolute atomic E-state index is 6.54. The minimum Gasteiger partial charge on any atom is -0.497 e. The second kappa shape index (κ2) is 7.85. The molecule has 1 spiro atoms. The summed E-state index contributed by atoms with van der Waals surface area (Å²) in [6, 6.07) is 8.07. The molecule has 9 atom stereocenters. The highest BCUT2D eigenvalue weighted by Crippen LogP contribution is 2.60. The topological polar surface area (TPSA) is 55.4 Å². The molecule has 5 aliphatic rings. The van der Waals surface area contributed by atoms with Crippen molar-refractivity contribution in [3.05, 3.63) is 42.0 Å². The second-order valence-electron chi connectivity index (χ2n) is 9.68. The Bertz CT molecular complexity index is 824. The van der Waals surface area contributed by atoms with Crippen molar-refractivity contribution < 1.29 is 28.7 Å². The molecule has 31 heavy (non-hydrogen) atoms. The number of benzene rings is 1. The molecule has 2 bridgehead atoms. The summed E-state index contributed by atoms with van der Waals surface area (Å²) in [7, 11) is 1.68. The van der Waals surface area contributed by atoms with E-state index in [2.05, 4.69) is 45.1 Å². The summed E-state index contributed by atoms with van der Waals surface area (Å²) in [5.41, 5.74) is 0.0559. The van der Waals surface area contributed by atoms with Gasteiger partial charge in [0, 0.05) is 18.4 Å². The molecule has 6 nitrogen and oxygen atoms in total. The van der Waals surface area contributed by atoms with Crippen LogP contribution in [0, 0.1) is 23.7 Å². The van der Waals surface area contributed by atoms with Gasteiger partial charge in [-0.3, -0.25) is 0 Å². The predicted octanol–water partition coefficient (Wildman–Crippen LogP) is 4.28. The molecule has 6 heteroatoms. The Labute approximate surface area is 184 Å². The van der Waals surface area contributed by atoms with E-state index in [-0.39, 0.29) is 36.3 Å². The first-order valence-electron chi connectivity index (χ1n) is 11.5. The first kappa shape index (κ1) is 21.4. The largest absolute Gasteiger partial charge is 0.497 e. The second-order valence-corrected chi connectivity index (χ2v) is 9.68. The van der Waals surface area contributed by atoms with Gasteiger partial charge in [-0.15, -0.1) is 0 Å². The van der Waals surface area contributed by atoms with E-state index in [1.807, 2.05) is 19.1 Å². The monoisotopic (exact) mass is 430 g/mol. The molecule has 6 rings (SSSR count). The van der Waals surface area contributed by atoms with E-state index < -0.39 is 11.2 Å². The van der Waals surface area contributed by atoms with Gasteiger partial charge in [0.1, 0.15) is 17.5 Å². The Hall–Kier alpha value is -1.44. The Morgan fingerprint density at radius 3 is 2.48 bits per heavy atom. The van der Waals surface area contributed by atoms with E-state index in [1.165, 1.54) is 0 Å². The molecule has 170 valence electrons. The third kappa shape index (κ3) is 3.26. The standard InChI is InChI=1S/C25H34O6/c1-6-27-23-16(3)25-12-11-24(4,30-31-25)19-13-20(15(2)21(19)22(25)29-23)28-14-17-7-9-18(26-5)10-8-17/h7-12,15-16,19-23H,6,13-14H2,1-5H3/t15-,16-,19-,20-,21+,22-,23-,24+,25-/m0/s1. The lowest BCUT2D eigenvalue weighted by molar-refractivity contribution is -0.405. The van der Waals surface area contributed by atoms with Crippen LogP contribution in [0.5, 0.6) is 5.75 Å². The van der Waals surface area contributed by atoms with Crippen molar-refractivity contribution in [2.45, 2.75) is 70.4 Å². The molecule has 1 aromatic carbocycles. The number of rotatable bonds is 6. The van der Waals surface area contributed by atoms with Crippen LogP contribution in [0.4, 0.5) is 0 Å². The van der Waals surface area contributed by atoms with Gasteiger partial charge in [0.05, 0.1) is 19.8 Å². The van der Waals surface area contributed by atoms with Gasteiger partial charge in [0.15, 0.2) is 11.9 Å². The molecule has 2 saturated heterocycles. The van der Waals surface area contributed by atoms with Gasteiger partial charge in [-0.1, -0.05) is 32.1 Å². The molecular weight excluding hydrogens is 396 g/mol. The van der Waals surface area contributed by atoms with Crippen LogP contribution in [0.2, 0.25) is 0 Å². The first-order chi connectivity index (χ1) is 14.9. The Morgan fingerprint density at radius 1 is 1.06 bits per heavy atom. The van der Waals surface area contributed by atoms with E-state index >= 15 is 0 Å². The zero-order chi connectivity index (χ0) is 21.8. The molecule has 0 radical (unpaired) electrons. The fraction of sp³-hybridized carbons (Fsp3) is 0.680. The molecule has 0 unspecified atom stereocenters. The number of methoxy groups -OCH3 is 1. The Kier molecular flexibility index (Phi) is 5.42. The minimum atomic E-state index is -0.613. The summed E-state index contributed by atoms with van der Waals surface area (Å²) >= 11 is 0. The van der Waals surface area contributed by atoms with Gasteiger partial charge in [0.25, 0.3) is 0 Å². The van der Waals surface area contributed by atoms with Gasteiger partial charge in [-0.2, -0.15) is 0 Å². The quantitative estimate of drug-likeness (QED) is 0.496. The number of ether oxygens (including phenoxy) is 4. The summed E-state index contributed by atoms with van der Waals surface area (Å²) in [5, 5.41) is 0. The zero-order valence-electron chi connectivity index (χ0n) is 19.1. The van der Waals surface area contributed by atoms with Crippen molar-refractivity contribution in [3.8, 4) is 5.75 Å². The van der Waals surface area contributed by atoms with Gasteiger partial charge in [0.2, 0.25) is 0 Å². The molecule has 0 amide bonds. The van der Waals surface area contributed by atoms with Gasteiger partial charge in [-0.25, -0.2) is 9.78 Å². The third-order valence-electron chi connectivity index (χ3n) is 8.07. The van der Waals surface area contributed by atoms with E-state index in [4.69, 9.17) is 28.7 Å². The molecule has 0 aromatic heterocycles. The minimum absolute atomic E-state index is 0.0449. The van der Waals surface area contributed by atoms with Crippen LogP contribution in [-0.2, 0) is 30.6 Å². The highest BCUT2D eigenvalue weighted by atomic mass is 17.2. The van der Waals surface area contributed by atoms with E-state index in [9.17, 15) is 0 Å². The Balaban J connectivity index is 1.38. The SMILES string of the molecule is CCO[C@H]1O[C@H]2[C@@H]3[C@@H](C)[C@@H](OCc4ccc(OC)cc4)C[C@@H]3[C@@]3(C)C=C[C@]2(OO3)[C@H]1C. The molecular formula is C25H34O6. The average Bonchev–Trinajstić information content (AvgIpc) is 3.18. The third-order valence-corrected chi connectivity index (χ3v) is 8.07. The van der Waals surface area contributed by atoms with Crippen LogP contribution in [0.25, 0.3) is 0 Å². The van der Waals surface area contributed by atoms with Crippen LogP contribution in [-0.4, -0.2) is 43.4 Å². The fourth-order valence-corrected chi connectivity index (χ4v) is 6.13. The van der Waals surface area contributed by atoms with Crippen molar-refractivity contribution in [1.29, 1.82) is 0 Å². The lowest BCUT2D eigenvalue weighted by atomic mass is 9.74. The molecule has 3 heterocycles. The number of hydrogen-bond donors (Lipinski definition) is 0. The van der Waals surface area contributed by atoms with Gasteiger partial charge < -0.3 is 18.9 Å². The van der Waals surface area contributed by atoms with Crippen LogP contribution in [0.1, 0.15) is 39.7 Å². The van der Waals surface area contributed by atoms with Crippen molar-refractivity contribution in [1.82, 2.24) is 0 Å². The summed E-state index contributed by atoms with van der Waals surface area (Å²) in [5.74, 6) is 1.72. The maximum Gasteiger partial charge on any atom is 0.163 e. The van der Waals surface area contributed by atoms with Crippen LogP contribution < -0.4 is 4.74 Å². The fourth-order valence-electron chi connectivity index (χ4n) is 6.13. The molecule has 2 aliphatic carbocycles. The molecule has 1 saturated carbocycles. The van der Waals surface area contributed by atoms with E-state index in [0.717, 1.165) is 17.7 Å². The first-order valence-corrected chi connectivity index (χ1v) is 11.5. The van der Waals surface area contributed by atoms with Gasteiger partial charge >= 0.3 is 0 Å². The summed E-state index contributed by atoms with van der Waals surface area (Å²) < 4.78 is 24.2. The lowest BCUT2D eigenvalue weighted by Gasteiger charge is -2.38. The number of fused-ring (bicyclic) bond motifs is 1. The van der Waals surface area contributed by atoms with Crippen LogP contribution in [0.15, 0.2) is 36.4 Å². The van der Waals surface area contributed by atoms with Crippen molar-refractivity contribution in [2.24, 2.45) is 23.7 Å². The highest BCUT2D eigenvalue weighted by Gasteiger charge is 2.69. The smallest absolute Gasteiger partial charge is 0.163 e. The average molecular weight is 431 g/mol. The number of hydrogen-bond acceptors (Lipinski definition) is 6. The van der Waals surface area contributed by atoms with Crippen molar-refractivity contribution >= 4 is 0 Å². The van der Waals surface area contributed by atoms with Crippen LogP contribution in [0.3, 0.4) is 0 Å². The predicted molar refractivity (Wildman–Crippen MR) is 114 cm³/mol. The van der Waals surface area contributed by atoms with Crippen LogP contribution >= 0.6 is 0 Å². The normalized spacial score (nSPS) is 45.4. The lowest BCUT2D eigenvalue weighted by Crippen LogP contribution is -2.49. The summed E-state index contributed by atoms with van der Waals surface area (Å²) in [6.45, 7) is 9.73. The summed E-state index contributed by atoms with van der Waals surface area (Å²) in [4.78, 5) is 12.2. The Morgan fingerprint density at radius 2 is 1.84 bits per heavy atom. The van der Waals surface area contributed by atoms with E-state index in [0.29, 0.717) is 19.1 Å². The van der Waals surface area contributed by atoms with Crippen molar-refractivity contribution in [2.75, 3.05) is 13.7 Å². The molecule has 1 aromatic rings. The molecule has 3 aliphatic heterocycles. The van der Waals surface area contributed by atoms with Crippen molar-refractivity contribution in [3.63, 3.8) is 0 Å². The zero-order valence-corrected chi connectivity index (χ0v) is 19.1. The maximum atomic E-state index is 6.54. The van der Waals surface area contributed by atoms with E-state index in [1.54, 1.807) is 7.11 Å². The van der Waals surface area contributed by atoms with Gasteiger partial charge in [-0.05, 0) is 55.9 Å². The summed E-state index contributed by atoms with van der Waals surface area (Å²) in [6.07, 6.45) is 5.01. The highest BCUT2D eigenvalue weighted by molar-refractivity contribution is 5.28. The molecule has 0 N–H and O–H groups in total.